The number of hydrogen-bond acceptors (Lipinski definition) is 9. The van der Waals surface area contributed by atoms with E-state index >= 15 is 4.39 Å². The fourth-order valence-electron chi connectivity index (χ4n) is 7.81. The van der Waals surface area contributed by atoms with Crippen molar-refractivity contribution in [2.75, 3.05) is 38.3 Å². The van der Waals surface area contributed by atoms with Crippen LogP contribution in [-0.2, 0) is 42.7 Å². The van der Waals surface area contributed by atoms with Crippen molar-refractivity contribution < 1.29 is 48.9 Å². The fourth-order valence-corrected chi connectivity index (χ4v) is 7.81. The van der Waals surface area contributed by atoms with Crippen molar-refractivity contribution in [3.8, 4) is 35.2 Å². The summed E-state index contributed by atoms with van der Waals surface area (Å²) >= 11 is 0. The summed E-state index contributed by atoms with van der Waals surface area (Å²) in [6, 6.07) is 11.2. The number of phenols is 1. The first-order chi connectivity index (χ1) is 26.5. The quantitative estimate of drug-likeness (QED) is 0.0857. The molecule has 0 spiro atoms. The molecular formula is C43H48FN6O5Pd-. The minimum Gasteiger partial charge on any atom is -0.581 e. The van der Waals surface area contributed by atoms with E-state index in [0.29, 0.717) is 76.9 Å². The van der Waals surface area contributed by atoms with Crippen LogP contribution in [0.2, 0.25) is 0 Å². The average Bonchev–Trinajstić information content (AvgIpc) is 3.55. The van der Waals surface area contributed by atoms with Gasteiger partial charge in [0.25, 0.3) is 0 Å². The molecule has 13 heteroatoms. The number of aryl methyl sites for hydroxylation is 1. The molecule has 1 saturated carbocycles. The van der Waals surface area contributed by atoms with Crippen LogP contribution < -0.4 is 14.7 Å². The Hall–Kier alpha value is -4.75. The molecule has 2 aliphatic heterocycles. The number of terminal acetylenes is 1. The molecule has 1 N–H and O–H groups in total. The molecule has 4 heterocycles. The number of amides is 1. The SMILES string of the molecule is C#Cc1ccc(CCc2c(F)cc3n[n-]cc3c2-c2c(C3CC3)cc3c(N4CC5CC4CN5C(=O)OC(C)(C)C)nc(OCCOC)nc3c2O)cc1.CC.[Pd]. The summed E-state index contributed by atoms with van der Waals surface area (Å²) < 4.78 is 33.2. The molecule has 2 bridgehead atoms. The molecule has 2 unspecified atom stereocenters. The summed E-state index contributed by atoms with van der Waals surface area (Å²) in [5.74, 6) is 2.93. The van der Waals surface area contributed by atoms with Gasteiger partial charge >= 0.3 is 12.1 Å². The first kappa shape index (κ1) is 40.9. The number of carbonyl (C=O) groups excluding carboxylic acids is 1. The summed E-state index contributed by atoms with van der Waals surface area (Å²) in [7, 11) is 1.59. The Balaban J connectivity index is 0.00000174. The van der Waals surface area contributed by atoms with Gasteiger partial charge in [0.2, 0.25) is 0 Å². The van der Waals surface area contributed by atoms with Gasteiger partial charge in [-0.15, -0.1) is 6.42 Å². The van der Waals surface area contributed by atoms with E-state index in [2.05, 4.69) is 27.1 Å². The molecule has 298 valence electrons. The average molecular weight is 854 g/mol. The van der Waals surface area contributed by atoms with Crippen LogP contribution >= 0.6 is 0 Å². The van der Waals surface area contributed by atoms with Crippen molar-refractivity contribution >= 4 is 33.7 Å². The largest absolute Gasteiger partial charge is 0.581 e. The van der Waals surface area contributed by atoms with Gasteiger partial charge in [-0.1, -0.05) is 31.9 Å². The topological polar surface area (TPSA) is 124 Å². The fraction of sp³-hybridized carbons (Fsp3) is 0.442. The third kappa shape index (κ3) is 8.06. The molecule has 8 rings (SSSR count). The van der Waals surface area contributed by atoms with Crippen LogP contribution in [-0.4, -0.2) is 82.3 Å². The van der Waals surface area contributed by atoms with Crippen LogP contribution in [0.1, 0.15) is 82.1 Å². The Morgan fingerprint density at radius 3 is 2.43 bits per heavy atom. The Labute approximate surface area is 341 Å². The van der Waals surface area contributed by atoms with E-state index in [-0.39, 0.29) is 62.9 Å². The predicted molar refractivity (Wildman–Crippen MR) is 210 cm³/mol. The molecule has 2 aromatic heterocycles. The molecular weight excluding hydrogens is 806 g/mol. The van der Waals surface area contributed by atoms with Gasteiger partial charge in [0, 0.05) is 57.1 Å². The monoisotopic (exact) mass is 853 g/mol. The van der Waals surface area contributed by atoms with Crippen LogP contribution in [0.25, 0.3) is 32.9 Å². The molecule has 1 amide bonds. The van der Waals surface area contributed by atoms with Gasteiger partial charge < -0.3 is 39.3 Å². The van der Waals surface area contributed by atoms with Crippen LogP contribution in [0, 0.1) is 18.2 Å². The van der Waals surface area contributed by atoms with E-state index in [0.717, 1.165) is 36.0 Å². The Bertz CT molecular complexity index is 2260. The zero-order valence-corrected chi connectivity index (χ0v) is 34.2. The summed E-state index contributed by atoms with van der Waals surface area (Å²) in [5.41, 5.74) is 4.38. The van der Waals surface area contributed by atoms with Gasteiger partial charge in [0.05, 0.1) is 24.2 Å². The second-order valence-corrected chi connectivity index (χ2v) is 15.2. The van der Waals surface area contributed by atoms with Crippen molar-refractivity contribution in [2.45, 2.75) is 90.3 Å². The van der Waals surface area contributed by atoms with Crippen molar-refractivity contribution in [2.24, 2.45) is 0 Å². The number of piperazine rings is 1. The molecule has 2 saturated heterocycles. The number of hydrogen-bond donors (Lipinski definition) is 1. The van der Waals surface area contributed by atoms with E-state index in [1.54, 1.807) is 18.2 Å². The third-order valence-corrected chi connectivity index (χ3v) is 10.4. The predicted octanol–water partition coefficient (Wildman–Crippen LogP) is 7.54. The first-order valence-corrected chi connectivity index (χ1v) is 19.1. The number of nitrogens with zero attached hydrogens (tertiary/aromatic N) is 6. The second-order valence-electron chi connectivity index (χ2n) is 15.2. The molecule has 0 radical (unpaired) electrons. The van der Waals surface area contributed by atoms with Gasteiger partial charge in [-0.3, -0.25) is 0 Å². The van der Waals surface area contributed by atoms with E-state index < -0.39 is 11.4 Å². The van der Waals surface area contributed by atoms with E-state index in [9.17, 15) is 9.90 Å². The van der Waals surface area contributed by atoms with Gasteiger partial charge in [0.15, 0.2) is 0 Å². The molecule has 5 aromatic rings. The van der Waals surface area contributed by atoms with Crippen LogP contribution in [0.4, 0.5) is 15.0 Å². The number of benzene rings is 3. The van der Waals surface area contributed by atoms with Crippen molar-refractivity contribution in [1.29, 1.82) is 0 Å². The standard InChI is InChI=1S/C41H42FN6O5.C2H6.Pd/c1-6-23-7-9-24(10-8-23)11-14-28-32(42)19-33-31(20-43-46-33)34(28)35-29(25-12-13-25)18-30-36(37(35)49)44-39(52-16-15-51-5)45-38(30)47-21-27-17-26(47)22-48(27)40(50)53-41(2,3)4;1-2;/h1,7-10,18-20,25-27H,11-17,21-22H2,2-5H3,(H-,43,44,45,46,49);1-2H3;/q-1;;. The summed E-state index contributed by atoms with van der Waals surface area (Å²) in [5, 5.41) is 22.2. The molecule has 3 aliphatic rings. The summed E-state index contributed by atoms with van der Waals surface area (Å²) in [6.45, 7) is 11.1. The van der Waals surface area contributed by atoms with Gasteiger partial charge in [-0.25, -0.2) is 9.18 Å². The molecule has 3 aromatic carbocycles. The van der Waals surface area contributed by atoms with E-state index in [1.165, 1.54) is 6.07 Å². The van der Waals surface area contributed by atoms with Crippen molar-refractivity contribution in [1.82, 2.24) is 25.1 Å². The molecule has 3 fully saturated rings. The normalized spacial score (nSPS) is 17.4. The minimum atomic E-state index is -0.597. The number of aromatic hydroxyl groups is 1. The number of likely N-dealkylation sites (tertiary alicyclic amines) is 1. The first-order valence-electron chi connectivity index (χ1n) is 19.1. The Morgan fingerprint density at radius 1 is 1.04 bits per heavy atom. The number of ether oxygens (including phenoxy) is 3. The van der Waals surface area contributed by atoms with Gasteiger partial charge in [-0.2, -0.15) is 16.2 Å². The number of halogens is 1. The second kappa shape index (κ2) is 16.8. The number of phenolic OH excluding ortho intramolecular Hbond substituents is 1. The smallest absolute Gasteiger partial charge is 0.410 e. The van der Waals surface area contributed by atoms with Gasteiger partial charge in [0.1, 0.15) is 35.1 Å². The van der Waals surface area contributed by atoms with Crippen LogP contribution in [0.3, 0.4) is 0 Å². The van der Waals surface area contributed by atoms with E-state index in [4.69, 9.17) is 30.6 Å². The zero-order valence-electron chi connectivity index (χ0n) is 32.7. The number of carbonyl (C=O) groups is 1. The Morgan fingerprint density at radius 2 is 1.79 bits per heavy atom. The maximum atomic E-state index is 16.3. The van der Waals surface area contributed by atoms with Crippen molar-refractivity contribution in [3.63, 3.8) is 0 Å². The number of anilines is 1. The summed E-state index contributed by atoms with van der Waals surface area (Å²) in [6.07, 6.45) is 10.4. The maximum Gasteiger partial charge on any atom is 0.410 e. The number of fused-ring (bicyclic) bond motifs is 4. The van der Waals surface area contributed by atoms with Crippen LogP contribution in [0.5, 0.6) is 11.8 Å². The number of methoxy groups -OCH3 is 1. The molecule has 11 nitrogen and oxygen atoms in total. The summed E-state index contributed by atoms with van der Waals surface area (Å²) in [4.78, 5) is 26.8. The Kier molecular flexibility index (Phi) is 12.3. The maximum absolute atomic E-state index is 16.3. The third-order valence-electron chi connectivity index (χ3n) is 10.4. The van der Waals surface area contributed by atoms with Gasteiger partial charge in [-0.05, 0) is 111 Å². The molecule has 1 aliphatic carbocycles. The molecule has 2 atom stereocenters. The molecule has 56 heavy (non-hydrogen) atoms. The number of rotatable bonds is 10. The number of aromatic nitrogens is 4. The van der Waals surface area contributed by atoms with Crippen LogP contribution in [0.15, 0.2) is 42.6 Å². The minimum absolute atomic E-state index is 0. The van der Waals surface area contributed by atoms with Crippen molar-refractivity contribution in [3.05, 3.63) is 70.7 Å². The zero-order chi connectivity index (χ0) is 39.0. The van der Waals surface area contributed by atoms with E-state index in [1.807, 2.05) is 58.9 Å².